The summed E-state index contributed by atoms with van der Waals surface area (Å²) in [7, 11) is 1.95. The highest BCUT2D eigenvalue weighted by molar-refractivity contribution is 6.35. The number of non-ortho nitro benzene ring substituents is 1. The van der Waals surface area contributed by atoms with Crippen LogP contribution in [-0.2, 0) is 0 Å². The van der Waals surface area contributed by atoms with Crippen LogP contribution in [0.5, 0.6) is 0 Å². The number of halogens is 1. The van der Waals surface area contributed by atoms with E-state index in [1.807, 2.05) is 30.3 Å². The van der Waals surface area contributed by atoms with Crippen molar-refractivity contribution >= 4 is 28.6 Å². The molecule has 0 unspecified atom stereocenters. The normalized spacial score (nSPS) is 16.2. The Labute approximate surface area is 149 Å². The second-order valence-corrected chi connectivity index (χ2v) is 6.36. The molecule has 2 heterocycles. The molecule has 0 aromatic heterocycles. The van der Waals surface area contributed by atoms with Crippen LogP contribution in [0.2, 0.25) is 5.02 Å². The summed E-state index contributed by atoms with van der Waals surface area (Å²) in [6.07, 6.45) is 0. The molecule has 25 heavy (non-hydrogen) atoms. The molecule has 2 aliphatic heterocycles. The Hall–Kier alpha value is -2.70. The number of nitro groups is 1. The van der Waals surface area contributed by atoms with Gasteiger partial charge in [-0.3, -0.25) is 15.1 Å². The van der Waals surface area contributed by atoms with E-state index in [-0.39, 0.29) is 10.6 Å². The van der Waals surface area contributed by atoms with Gasteiger partial charge in [-0.15, -0.1) is 0 Å². The van der Waals surface area contributed by atoms with Crippen molar-refractivity contribution in [1.29, 1.82) is 0 Å². The molecular weight excluding hydrogens is 340 g/mol. The first kappa shape index (κ1) is 15.8. The number of nitrogens with zero attached hydrogens (tertiary/aromatic N) is 3. The van der Waals surface area contributed by atoms with Crippen LogP contribution in [-0.4, -0.2) is 35.8 Å². The number of nitrogens with one attached hydrogen (secondary N) is 1. The Morgan fingerprint density at radius 1 is 1.20 bits per heavy atom. The molecule has 2 aromatic carbocycles. The minimum Gasteiger partial charge on any atom is -0.313 e. The third-order valence-electron chi connectivity index (χ3n) is 4.56. The van der Waals surface area contributed by atoms with Crippen molar-refractivity contribution in [3.05, 3.63) is 80.0 Å². The average Bonchev–Trinajstić information content (AvgIpc) is 2.88. The minimum atomic E-state index is -0.385. The summed E-state index contributed by atoms with van der Waals surface area (Å²) in [5, 5.41) is 13.8. The third-order valence-corrected chi connectivity index (χ3v) is 4.89. The number of hydrogen-bond donors (Lipinski definition) is 1. The van der Waals surface area contributed by atoms with Gasteiger partial charge in [0.25, 0.3) is 5.69 Å². The van der Waals surface area contributed by atoms with Gasteiger partial charge in [0, 0.05) is 41.9 Å². The van der Waals surface area contributed by atoms with Gasteiger partial charge in [0.15, 0.2) is 0 Å². The average molecular weight is 355 g/mol. The van der Waals surface area contributed by atoms with E-state index in [9.17, 15) is 10.1 Å². The Morgan fingerprint density at radius 3 is 2.76 bits per heavy atom. The van der Waals surface area contributed by atoms with Crippen LogP contribution in [0.1, 0.15) is 16.7 Å². The Balaban J connectivity index is 1.98. The number of hydrogen-bond acceptors (Lipinski definition) is 5. The van der Waals surface area contributed by atoms with Crippen molar-refractivity contribution in [3.63, 3.8) is 0 Å². The van der Waals surface area contributed by atoms with E-state index in [2.05, 4.69) is 5.43 Å². The van der Waals surface area contributed by atoms with E-state index in [0.717, 1.165) is 28.0 Å². The van der Waals surface area contributed by atoms with Crippen molar-refractivity contribution in [1.82, 2.24) is 10.4 Å². The number of benzene rings is 2. The van der Waals surface area contributed by atoms with Gasteiger partial charge in [-0.05, 0) is 23.3 Å². The fourth-order valence-electron chi connectivity index (χ4n) is 3.28. The quantitative estimate of drug-likeness (QED) is 0.663. The third kappa shape index (κ3) is 2.59. The summed E-state index contributed by atoms with van der Waals surface area (Å²) in [4.78, 5) is 15.6. The molecule has 0 spiro atoms. The summed E-state index contributed by atoms with van der Waals surface area (Å²) in [5.74, 6) is 0. The molecule has 2 aliphatic rings. The van der Waals surface area contributed by atoms with Gasteiger partial charge >= 0.3 is 0 Å². The predicted molar refractivity (Wildman–Crippen MR) is 97.7 cm³/mol. The topological polar surface area (TPSA) is 70.8 Å². The second-order valence-electron chi connectivity index (χ2n) is 5.95. The Kier molecular flexibility index (Phi) is 3.78. The summed E-state index contributed by atoms with van der Waals surface area (Å²) >= 11 is 6.38. The SMILES string of the molecule is CN1NCC2=C1CN=C(c1ccccc1Cl)c1cc([N+](=O)[O-])ccc12. The number of rotatable bonds is 2. The van der Waals surface area contributed by atoms with E-state index < -0.39 is 0 Å². The maximum Gasteiger partial charge on any atom is 0.270 e. The first-order valence-electron chi connectivity index (χ1n) is 7.84. The highest BCUT2D eigenvalue weighted by Crippen LogP contribution is 2.34. The molecule has 0 atom stereocenters. The van der Waals surface area contributed by atoms with Crippen LogP contribution in [0.4, 0.5) is 5.69 Å². The summed E-state index contributed by atoms with van der Waals surface area (Å²) in [5.41, 5.74) is 8.64. The highest BCUT2D eigenvalue weighted by Gasteiger charge is 2.28. The zero-order chi connectivity index (χ0) is 17.6. The van der Waals surface area contributed by atoms with Gasteiger partial charge in [0.2, 0.25) is 0 Å². The molecule has 0 aliphatic carbocycles. The molecule has 0 saturated heterocycles. The van der Waals surface area contributed by atoms with Crippen molar-refractivity contribution in [2.45, 2.75) is 0 Å². The smallest absolute Gasteiger partial charge is 0.270 e. The van der Waals surface area contributed by atoms with Gasteiger partial charge in [-0.2, -0.15) is 0 Å². The van der Waals surface area contributed by atoms with Gasteiger partial charge in [0.05, 0.1) is 22.9 Å². The maximum atomic E-state index is 11.3. The molecule has 6 nitrogen and oxygen atoms in total. The molecule has 0 bridgehead atoms. The minimum absolute atomic E-state index is 0.0434. The first-order valence-corrected chi connectivity index (χ1v) is 8.22. The van der Waals surface area contributed by atoms with E-state index >= 15 is 0 Å². The lowest BCUT2D eigenvalue weighted by atomic mass is 9.93. The number of hydrazine groups is 1. The zero-order valence-electron chi connectivity index (χ0n) is 13.5. The summed E-state index contributed by atoms with van der Waals surface area (Å²) < 4.78 is 0. The zero-order valence-corrected chi connectivity index (χ0v) is 14.2. The largest absolute Gasteiger partial charge is 0.313 e. The second kappa shape index (κ2) is 5.98. The molecule has 126 valence electrons. The van der Waals surface area contributed by atoms with E-state index in [0.29, 0.717) is 23.8 Å². The number of aliphatic imine (C=N–C) groups is 1. The lowest BCUT2D eigenvalue weighted by molar-refractivity contribution is -0.384. The van der Waals surface area contributed by atoms with Crippen LogP contribution in [0.15, 0.2) is 53.2 Å². The van der Waals surface area contributed by atoms with Crippen molar-refractivity contribution in [2.75, 3.05) is 20.1 Å². The number of nitro benzene ring substituents is 1. The van der Waals surface area contributed by atoms with E-state index in [1.54, 1.807) is 18.2 Å². The fourth-order valence-corrected chi connectivity index (χ4v) is 3.50. The summed E-state index contributed by atoms with van der Waals surface area (Å²) in [6.45, 7) is 1.16. The van der Waals surface area contributed by atoms with Crippen LogP contribution < -0.4 is 5.43 Å². The van der Waals surface area contributed by atoms with Crippen LogP contribution in [0, 0.1) is 10.1 Å². The fraction of sp³-hybridized carbons (Fsp3) is 0.167. The van der Waals surface area contributed by atoms with Crippen LogP contribution in [0.3, 0.4) is 0 Å². The predicted octanol–water partition coefficient (Wildman–Crippen LogP) is 3.26. The highest BCUT2D eigenvalue weighted by atomic mass is 35.5. The summed E-state index contributed by atoms with van der Waals surface area (Å²) in [6, 6.07) is 12.4. The molecule has 0 saturated carbocycles. The molecule has 0 fully saturated rings. The van der Waals surface area contributed by atoms with Crippen molar-refractivity contribution < 1.29 is 4.92 Å². The van der Waals surface area contributed by atoms with E-state index in [4.69, 9.17) is 16.6 Å². The maximum absolute atomic E-state index is 11.3. The van der Waals surface area contributed by atoms with Gasteiger partial charge in [-0.1, -0.05) is 29.8 Å². The number of fused-ring (bicyclic) bond motifs is 2. The van der Waals surface area contributed by atoms with Gasteiger partial charge in [-0.25, -0.2) is 5.43 Å². The molecule has 4 rings (SSSR count). The lowest BCUT2D eigenvalue weighted by Crippen LogP contribution is -2.28. The molecule has 0 amide bonds. The standard InChI is InChI=1S/C18H15ClN4O2/c1-22-17-10-20-18(13-4-2-3-5-16(13)19)14-8-11(23(24)25)6-7-12(14)15(17)9-21-22/h2-8,21H,9-10H2,1H3. The molecule has 2 aromatic rings. The van der Waals surface area contributed by atoms with Crippen molar-refractivity contribution in [2.24, 2.45) is 4.99 Å². The van der Waals surface area contributed by atoms with Crippen LogP contribution in [0.25, 0.3) is 5.57 Å². The molecular formula is C18H15ClN4O2. The van der Waals surface area contributed by atoms with Gasteiger partial charge < -0.3 is 5.01 Å². The van der Waals surface area contributed by atoms with Crippen molar-refractivity contribution in [3.8, 4) is 0 Å². The molecule has 7 heteroatoms. The Morgan fingerprint density at radius 2 is 2.00 bits per heavy atom. The molecule has 0 radical (unpaired) electrons. The Bertz CT molecular complexity index is 952. The van der Waals surface area contributed by atoms with Crippen LogP contribution >= 0.6 is 11.6 Å². The van der Waals surface area contributed by atoms with Gasteiger partial charge in [0.1, 0.15) is 0 Å². The number of likely N-dealkylation sites (N-methyl/N-ethyl adjacent to an activating group) is 1. The first-order chi connectivity index (χ1) is 12.1. The van der Waals surface area contributed by atoms with E-state index in [1.165, 1.54) is 6.07 Å². The monoisotopic (exact) mass is 354 g/mol. The molecule has 1 N–H and O–H groups in total. The lowest BCUT2D eigenvalue weighted by Gasteiger charge is -2.15.